The van der Waals surface area contributed by atoms with Crippen molar-refractivity contribution in [3.63, 3.8) is 0 Å². The van der Waals surface area contributed by atoms with Crippen LogP contribution in [0.5, 0.6) is 11.5 Å². The summed E-state index contributed by atoms with van der Waals surface area (Å²) in [6.07, 6.45) is 5.82. The fourth-order valence-corrected chi connectivity index (χ4v) is 6.84. The van der Waals surface area contributed by atoms with E-state index >= 15 is 0 Å². The van der Waals surface area contributed by atoms with Crippen LogP contribution in [0.3, 0.4) is 0 Å². The maximum atomic E-state index is 13.7. The van der Waals surface area contributed by atoms with Gasteiger partial charge in [-0.1, -0.05) is 24.3 Å². The molecule has 0 saturated carbocycles. The van der Waals surface area contributed by atoms with Crippen LogP contribution in [-0.2, 0) is 39.7 Å². The van der Waals surface area contributed by atoms with Gasteiger partial charge in [0.1, 0.15) is 30.9 Å². The number of hydrogen-bond donors (Lipinski definition) is 5. The first kappa shape index (κ1) is 45.9. The van der Waals surface area contributed by atoms with Crippen LogP contribution in [-0.4, -0.2) is 143 Å². The van der Waals surface area contributed by atoms with Gasteiger partial charge in [0.15, 0.2) is 11.5 Å². The van der Waals surface area contributed by atoms with Crippen LogP contribution in [0.2, 0.25) is 0 Å². The van der Waals surface area contributed by atoms with Crippen LogP contribution in [0, 0.1) is 0 Å². The molecule has 1 fully saturated rings. The van der Waals surface area contributed by atoms with Crippen LogP contribution >= 0.6 is 0 Å². The van der Waals surface area contributed by atoms with Crippen molar-refractivity contribution in [2.45, 2.75) is 44.2 Å². The molecule has 1 aliphatic heterocycles. The highest BCUT2D eigenvalue weighted by Crippen LogP contribution is 2.45. The van der Waals surface area contributed by atoms with Gasteiger partial charge in [0.05, 0.1) is 70.4 Å². The number of carbonyl (C=O) groups is 4. The van der Waals surface area contributed by atoms with E-state index < -0.39 is 18.2 Å². The van der Waals surface area contributed by atoms with Gasteiger partial charge in [-0.15, -0.1) is 0 Å². The Morgan fingerprint density at radius 3 is 2.11 bits per heavy atom. The number of aromatic amines is 2. The topological polar surface area (TPSA) is 230 Å². The molecule has 2 atom stereocenters. The predicted octanol–water partition coefficient (Wildman–Crippen LogP) is 4.01. The van der Waals surface area contributed by atoms with Gasteiger partial charge in [0.2, 0.25) is 11.8 Å². The first-order valence-corrected chi connectivity index (χ1v) is 20.0. The Kier molecular flexibility index (Phi) is 17.7. The molecule has 0 radical (unpaired) electrons. The van der Waals surface area contributed by atoms with E-state index in [0.717, 1.165) is 47.5 Å². The standard InChI is InChI=1S/C42H56N8O11/c1-55-19-21-60-37-29(27-11-13-28(14-12-27)31-23-44-35(47-31)10-6-7-17-43-36(51)25-46-41(53)58-4)15-16-30(38(37)61-22-20-56-2)32-24-45-39(48-32)34-9-8-18-50(34)40(52)33(26-57-3)49-42(54)59-5/h11-16,23-24,33-34H,6-10,17-22,25-26H2,1-5H3,(H,43,51)(H,44,47)(H,45,48)(H,46,53)(H,49,54). The Morgan fingerprint density at radius 1 is 0.754 bits per heavy atom. The summed E-state index contributed by atoms with van der Waals surface area (Å²) in [6, 6.07) is 10.7. The molecule has 5 N–H and O–H groups in total. The van der Waals surface area contributed by atoms with Gasteiger partial charge in [-0.3, -0.25) is 9.59 Å². The monoisotopic (exact) mass is 848 g/mol. The number of H-pyrrole nitrogens is 2. The highest BCUT2D eigenvalue weighted by Gasteiger charge is 2.36. The average Bonchev–Trinajstić information content (AvgIpc) is 4.08. The molecule has 4 amide bonds. The lowest BCUT2D eigenvalue weighted by Gasteiger charge is -2.27. The van der Waals surface area contributed by atoms with Crippen molar-refractivity contribution in [2.75, 3.05) is 88.2 Å². The molecule has 19 heteroatoms. The number of benzene rings is 2. The fourth-order valence-electron chi connectivity index (χ4n) is 6.84. The number of carbonyl (C=O) groups excluding carboxylic acids is 4. The molecule has 61 heavy (non-hydrogen) atoms. The van der Waals surface area contributed by atoms with Crippen LogP contribution < -0.4 is 25.4 Å². The molecule has 1 aliphatic rings. The third-order valence-electron chi connectivity index (χ3n) is 9.90. The third-order valence-corrected chi connectivity index (χ3v) is 9.90. The molecule has 19 nitrogen and oxygen atoms in total. The summed E-state index contributed by atoms with van der Waals surface area (Å²) in [5.74, 6) is 1.85. The smallest absolute Gasteiger partial charge is 0.407 e. The zero-order valence-electron chi connectivity index (χ0n) is 35.3. The Bertz CT molecular complexity index is 2040. The number of hydrogen-bond acceptors (Lipinski definition) is 13. The van der Waals surface area contributed by atoms with Crippen LogP contribution in [0.4, 0.5) is 9.59 Å². The number of alkyl carbamates (subject to hydrolysis) is 2. The molecule has 0 bridgehead atoms. The number of rotatable bonds is 23. The van der Waals surface area contributed by atoms with Gasteiger partial charge < -0.3 is 64.0 Å². The molecule has 3 heterocycles. The molecular formula is C42H56N8O11. The van der Waals surface area contributed by atoms with Crippen molar-refractivity contribution in [3.05, 3.63) is 60.4 Å². The second-order valence-corrected chi connectivity index (χ2v) is 14.0. The van der Waals surface area contributed by atoms with Crippen LogP contribution in [0.1, 0.15) is 43.4 Å². The lowest BCUT2D eigenvalue weighted by Crippen LogP contribution is -2.50. The molecule has 2 aromatic heterocycles. The van der Waals surface area contributed by atoms with Crippen LogP contribution in [0.15, 0.2) is 48.8 Å². The Morgan fingerprint density at radius 2 is 1.43 bits per heavy atom. The number of aromatic nitrogens is 4. The molecule has 2 aromatic carbocycles. The van der Waals surface area contributed by atoms with Gasteiger partial charge in [-0.05, 0) is 48.9 Å². The minimum atomic E-state index is -0.923. The van der Waals surface area contributed by atoms with Gasteiger partial charge >= 0.3 is 12.2 Å². The number of nitrogens with one attached hydrogen (secondary N) is 5. The number of ether oxygens (including phenoxy) is 7. The largest absolute Gasteiger partial charge is 0.487 e. The van der Waals surface area contributed by atoms with Crippen molar-refractivity contribution >= 4 is 24.0 Å². The van der Waals surface area contributed by atoms with Gasteiger partial charge in [0.25, 0.3) is 0 Å². The molecule has 5 rings (SSSR count). The molecule has 4 aromatic rings. The molecule has 2 unspecified atom stereocenters. The summed E-state index contributed by atoms with van der Waals surface area (Å²) in [6.45, 7) is 2.01. The Balaban J connectivity index is 1.34. The summed E-state index contributed by atoms with van der Waals surface area (Å²) in [5.41, 5.74) is 4.86. The van der Waals surface area contributed by atoms with E-state index in [0.29, 0.717) is 67.7 Å². The van der Waals surface area contributed by atoms with E-state index in [1.165, 1.54) is 21.3 Å². The molecule has 1 saturated heterocycles. The number of methoxy groups -OCH3 is 5. The number of likely N-dealkylation sites (tertiary alicyclic amines) is 1. The summed E-state index contributed by atoms with van der Waals surface area (Å²) in [5, 5.41) is 7.70. The normalized spacial score (nSPS) is 14.0. The summed E-state index contributed by atoms with van der Waals surface area (Å²) < 4.78 is 37.9. The van der Waals surface area contributed by atoms with Crippen molar-refractivity contribution in [3.8, 4) is 45.1 Å². The summed E-state index contributed by atoms with van der Waals surface area (Å²) in [4.78, 5) is 66.5. The predicted molar refractivity (Wildman–Crippen MR) is 223 cm³/mol. The molecule has 330 valence electrons. The average molecular weight is 849 g/mol. The number of nitrogens with zero attached hydrogens (tertiary/aromatic N) is 3. The first-order valence-electron chi connectivity index (χ1n) is 20.0. The number of unbranched alkanes of at least 4 members (excludes halogenated alkanes) is 1. The van der Waals surface area contributed by atoms with E-state index in [1.807, 2.05) is 36.4 Å². The van der Waals surface area contributed by atoms with Gasteiger partial charge in [0, 0.05) is 52.0 Å². The SMILES string of the molecule is COCCOc1c(-c2ccc(-c3cnc(CCCCNC(=O)CNC(=O)OC)[nH]3)cc2)ccc(-c2cnc(C3CCCN3C(=O)C(COC)NC(=O)OC)[nH]2)c1OCCOC. The molecule has 0 aliphatic carbocycles. The number of amides is 4. The minimum Gasteiger partial charge on any atom is -0.487 e. The van der Waals surface area contributed by atoms with Crippen LogP contribution in [0.25, 0.3) is 33.6 Å². The molecular weight excluding hydrogens is 793 g/mol. The van der Waals surface area contributed by atoms with Gasteiger partial charge in [-0.25, -0.2) is 19.6 Å². The Labute approximate surface area is 354 Å². The van der Waals surface area contributed by atoms with Crippen molar-refractivity contribution in [1.82, 2.24) is 40.8 Å². The van der Waals surface area contributed by atoms with E-state index in [1.54, 1.807) is 31.5 Å². The van der Waals surface area contributed by atoms with Crippen molar-refractivity contribution < 1.29 is 52.3 Å². The minimum absolute atomic E-state index is 0.0135. The fraction of sp³-hybridized carbons (Fsp3) is 0.476. The highest BCUT2D eigenvalue weighted by molar-refractivity contribution is 5.87. The first-order chi connectivity index (χ1) is 29.7. The number of aryl methyl sites for hydroxylation is 1. The maximum absolute atomic E-state index is 13.7. The summed E-state index contributed by atoms with van der Waals surface area (Å²) >= 11 is 0. The van der Waals surface area contributed by atoms with E-state index in [2.05, 4.69) is 35.6 Å². The quantitative estimate of drug-likeness (QED) is 0.0666. The second-order valence-electron chi connectivity index (χ2n) is 14.0. The summed E-state index contributed by atoms with van der Waals surface area (Å²) in [7, 11) is 7.16. The Hall–Kier alpha value is -6.18. The van der Waals surface area contributed by atoms with E-state index in [4.69, 9.17) is 33.4 Å². The van der Waals surface area contributed by atoms with E-state index in [-0.39, 0.29) is 44.2 Å². The zero-order valence-corrected chi connectivity index (χ0v) is 35.3. The lowest BCUT2D eigenvalue weighted by atomic mass is 9.98. The zero-order chi connectivity index (χ0) is 43.6. The van der Waals surface area contributed by atoms with Gasteiger partial charge in [-0.2, -0.15) is 0 Å². The van der Waals surface area contributed by atoms with Crippen molar-refractivity contribution in [2.24, 2.45) is 0 Å². The second kappa shape index (κ2) is 23.6. The van der Waals surface area contributed by atoms with E-state index in [9.17, 15) is 19.2 Å². The number of imidazole rings is 2. The highest BCUT2D eigenvalue weighted by atomic mass is 16.6. The maximum Gasteiger partial charge on any atom is 0.407 e. The van der Waals surface area contributed by atoms with Crippen molar-refractivity contribution in [1.29, 1.82) is 0 Å². The lowest BCUT2D eigenvalue weighted by molar-refractivity contribution is -0.135. The third kappa shape index (κ3) is 12.7. The molecule has 0 spiro atoms.